The molecule has 4 heterocycles. The largest absolute Gasteiger partial charge is 0.432 e. The van der Waals surface area contributed by atoms with Crippen molar-refractivity contribution in [1.29, 1.82) is 0 Å². The average molecular weight is 441 g/mol. The Labute approximate surface area is 180 Å². The van der Waals surface area contributed by atoms with Crippen LogP contribution in [0.5, 0.6) is 0 Å². The first-order valence-electron chi connectivity index (χ1n) is 9.82. The molecule has 160 valence electrons. The molecule has 0 radical (unpaired) electrons. The predicted octanol–water partition coefficient (Wildman–Crippen LogP) is 3.47. The van der Waals surface area contributed by atoms with Gasteiger partial charge in [0, 0.05) is 18.7 Å². The van der Waals surface area contributed by atoms with Gasteiger partial charge in [0.05, 0.1) is 22.4 Å². The smallest absolute Gasteiger partial charge is 0.292 e. The standard InChI is InChI=1S/C21H20FN5O3S/c1-10-17(30-20(25-10)21(2,3)29)19(28)27-8-7-12-15(24-9-23-12)16(27)18-26-14-11(22)5-4-6-13(14)31-18/h4-6,9,16,29H,7-8H2,1-3H3,(H,23,24). The third-order valence-corrected chi connectivity index (χ3v) is 6.39. The van der Waals surface area contributed by atoms with Crippen LogP contribution >= 0.6 is 11.3 Å². The van der Waals surface area contributed by atoms with Crippen LogP contribution in [0.25, 0.3) is 10.2 Å². The van der Waals surface area contributed by atoms with Gasteiger partial charge in [0.15, 0.2) is 0 Å². The first-order chi connectivity index (χ1) is 14.7. The highest BCUT2D eigenvalue weighted by molar-refractivity contribution is 7.18. The number of aryl methyl sites for hydroxylation is 1. The molecular weight excluding hydrogens is 421 g/mol. The van der Waals surface area contributed by atoms with Gasteiger partial charge in [0.1, 0.15) is 28.0 Å². The Morgan fingerprint density at radius 3 is 2.90 bits per heavy atom. The number of fused-ring (bicyclic) bond motifs is 2. The van der Waals surface area contributed by atoms with Crippen LogP contribution < -0.4 is 0 Å². The van der Waals surface area contributed by atoms with Gasteiger partial charge in [-0.1, -0.05) is 6.07 Å². The number of hydrogen-bond donors (Lipinski definition) is 2. The van der Waals surface area contributed by atoms with Gasteiger partial charge in [0.2, 0.25) is 11.7 Å². The zero-order valence-electron chi connectivity index (χ0n) is 17.1. The van der Waals surface area contributed by atoms with Crippen molar-refractivity contribution in [1.82, 2.24) is 24.8 Å². The van der Waals surface area contributed by atoms with Crippen molar-refractivity contribution in [2.24, 2.45) is 0 Å². The van der Waals surface area contributed by atoms with Crippen molar-refractivity contribution in [2.75, 3.05) is 6.54 Å². The predicted molar refractivity (Wildman–Crippen MR) is 111 cm³/mol. The number of para-hydroxylation sites is 1. The summed E-state index contributed by atoms with van der Waals surface area (Å²) in [6.07, 6.45) is 2.17. The first kappa shape index (κ1) is 19.8. The van der Waals surface area contributed by atoms with Crippen LogP contribution in [-0.4, -0.2) is 42.4 Å². The second-order valence-electron chi connectivity index (χ2n) is 8.05. The lowest BCUT2D eigenvalue weighted by atomic mass is 10.0. The number of nitrogens with one attached hydrogen (secondary N) is 1. The number of rotatable bonds is 3. The van der Waals surface area contributed by atoms with Gasteiger partial charge >= 0.3 is 0 Å². The minimum Gasteiger partial charge on any atom is -0.432 e. The van der Waals surface area contributed by atoms with E-state index in [1.807, 2.05) is 0 Å². The number of aromatic amines is 1. The van der Waals surface area contributed by atoms with Crippen molar-refractivity contribution >= 4 is 27.5 Å². The molecule has 0 saturated carbocycles. The Hall–Kier alpha value is -3.11. The molecule has 5 rings (SSSR count). The van der Waals surface area contributed by atoms with E-state index in [-0.39, 0.29) is 23.1 Å². The molecule has 1 atom stereocenters. The summed E-state index contributed by atoms with van der Waals surface area (Å²) in [4.78, 5) is 31.5. The van der Waals surface area contributed by atoms with Gasteiger partial charge in [-0.15, -0.1) is 11.3 Å². The summed E-state index contributed by atoms with van der Waals surface area (Å²) in [7, 11) is 0. The Morgan fingerprint density at radius 2 is 2.19 bits per heavy atom. The number of imidazole rings is 1. The Kier molecular flexibility index (Phi) is 4.45. The van der Waals surface area contributed by atoms with Crippen molar-refractivity contribution in [3.8, 4) is 0 Å². The number of carbonyl (C=O) groups is 1. The number of nitrogens with zero attached hydrogens (tertiary/aromatic N) is 4. The van der Waals surface area contributed by atoms with E-state index in [1.165, 1.54) is 17.4 Å². The zero-order valence-corrected chi connectivity index (χ0v) is 18.0. The quantitative estimate of drug-likeness (QED) is 0.504. The summed E-state index contributed by atoms with van der Waals surface area (Å²) in [6.45, 7) is 5.15. The molecule has 0 bridgehead atoms. The highest BCUT2D eigenvalue weighted by Gasteiger charge is 2.39. The van der Waals surface area contributed by atoms with Crippen LogP contribution in [0.1, 0.15) is 58.4 Å². The molecule has 31 heavy (non-hydrogen) atoms. The zero-order chi connectivity index (χ0) is 21.9. The number of benzene rings is 1. The number of hydrogen-bond acceptors (Lipinski definition) is 7. The molecular formula is C21H20FN5O3S. The minimum absolute atomic E-state index is 0.0633. The second-order valence-corrected chi connectivity index (χ2v) is 9.11. The summed E-state index contributed by atoms with van der Waals surface area (Å²) >= 11 is 1.33. The summed E-state index contributed by atoms with van der Waals surface area (Å²) in [6, 6.07) is 4.22. The highest BCUT2D eigenvalue weighted by Crippen LogP contribution is 2.39. The Morgan fingerprint density at radius 1 is 1.39 bits per heavy atom. The first-order valence-corrected chi connectivity index (χ1v) is 10.6. The van der Waals surface area contributed by atoms with E-state index in [0.717, 1.165) is 5.69 Å². The van der Waals surface area contributed by atoms with E-state index in [1.54, 1.807) is 44.1 Å². The van der Waals surface area contributed by atoms with Crippen molar-refractivity contribution < 1.29 is 18.7 Å². The van der Waals surface area contributed by atoms with E-state index in [2.05, 4.69) is 19.9 Å². The maximum Gasteiger partial charge on any atom is 0.292 e. The fourth-order valence-electron chi connectivity index (χ4n) is 3.78. The van der Waals surface area contributed by atoms with Gasteiger partial charge in [-0.3, -0.25) is 4.79 Å². The van der Waals surface area contributed by atoms with Gasteiger partial charge in [-0.25, -0.2) is 19.3 Å². The van der Waals surface area contributed by atoms with Gasteiger partial charge in [-0.05, 0) is 32.9 Å². The SMILES string of the molecule is Cc1nc(C(C)(C)O)oc1C(=O)N1CCc2[nH]cnc2C1c1nc2c(F)cccc2s1. The van der Waals surface area contributed by atoms with Gasteiger partial charge in [-0.2, -0.15) is 0 Å². The number of H-pyrrole nitrogens is 1. The van der Waals surface area contributed by atoms with Crippen LogP contribution in [0.4, 0.5) is 4.39 Å². The van der Waals surface area contributed by atoms with Crippen molar-refractivity contribution in [3.63, 3.8) is 0 Å². The summed E-state index contributed by atoms with van der Waals surface area (Å²) < 4.78 is 20.7. The van der Waals surface area contributed by atoms with Crippen LogP contribution in [0.15, 0.2) is 28.9 Å². The molecule has 0 saturated heterocycles. The molecule has 1 aliphatic heterocycles. The van der Waals surface area contributed by atoms with Crippen molar-refractivity contribution in [3.05, 3.63) is 64.1 Å². The maximum absolute atomic E-state index is 14.3. The molecule has 8 nitrogen and oxygen atoms in total. The van der Waals surface area contributed by atoms with E-state index in [4.69, 9.17) is 4.42 Å². The van der Waals surface area contributed by atoms with Gasteiger partial charge < -0.3 is 19.4 Å². The summed E-state index contributed by atoms with van der Waals surface area (Å²) in [5.41, 5.74) is 0.950. The average Bonchev–Trinajstić information content (AvgIpc) is 3.44. The lowest BCUT2D eigenvalue weighted by Gasteiger charge is -2.33. The number of aromatic nitrogens is 4. The Balaban J connectivity index is 1.61. The van der Waals surface area contributed by atoms with Crippen LogP contribution in [0.3, 0.4) is 0 Å². The molecule has 0 spiro atoms. The third kappa shape index (κ3) is 3.22. The number of amides is 1. The molecule has 1 amide bonds. The summed E-state index contributed by atoms with van der Waals surface area (Å²) in [5, 5.41) is 10.8. The monoisotopic (exact) mass is 441 g/mol. The lowest BCUT2D eigenvalue weighted by molar-refractivity contribution is 0.0441. The van der Waals surface area contributed by atoms with E-state index < -0.39 is 17.5 Å². The van der Waals surface area contributed by atoms with Crippen LogP contribution in [-0.2, 0) is 12.0 Å². The molecule has 2 N–H and O–H groups in total. The number of aliphatic hydroxyl groups is 1. The molecule has 3 aromatic heterocycles. The molecule has 4 aromatic rings. The molecule has 1 aliphatic rings. The maximum atomic E-state index is 14.3. The second kappa shape index (κ2) is 6.96. The molecule has 1 unspecified atom stereocenters. The van der Waals surface area contributed by atoms with Crippen LogP contribution in [0, 0.1) is 12.7 Å². The number of thiazole rings is 1. The normalized spacial score (nSPS) is 16.7. The van der Waals surface area contributed by atoms with Crippen LogP contribution in [0.2, 0.25) is 0 Å². The number of carbonyl (C=O) groups excluding carboxylic acids is 1. The van der Waals surface area contributed by atoms with Gasteiger partial charge in [0.25, 0.3) is 5.91 Å². The highest BCUT2D eigenvalue weighted by atomic mass is 32.1. The summed E-state index contributed by atoms with van der Waals surface area (Å²) in [5.74, 6) is -0.645. The fourth-order valence-corrected chi connectivity index (χ4v) is 4.88. The third-order valence-electron chi connectivity index (χ3n) is 5.32. The number of oxazole rings is 1. The molecule has 1 aromatic carbocycles. The van der Waals surface area contributed by atoms with E-state index in [9.17, 15) is 14.3 Å². The molecule has 10 heteroatoms. The van der Waals surface area contributed by atoms with E-state index >= 15 is 0 Å². The molecule has 0 fully saturated rings. The lowest BCUT2D eigenvalue weighted by Crippen LogP contribution is -2.40. The fraction of sp³-hybridized carbons (Fsp3) is 0.333. The minimum atomic E-state index is -1.31. The topological polar surface area (TPSA) is 108 Å². The van der Waals surface area contributed by atoms with E-state index in [0.29, 0.717) is 34.1 Å². The number of halogens is 1. The molecule has 0 aliphatic carbocycles. The Bertz CT molecular complexity index is 1300. The van der Waals surface area contributed by atoms with Crippen molar-refractivity contribution in [2.45, 2.75) is 38.8 Å².